The van der Waals surface area contributed by atoms with Crippen molar-refractivity contribution >= 4 is 11.9 Å². The summed E-state index contributed by atoms with van der Waals surface area (Å²) in [5, 5.41) is 8.81. The van der Waals surface area contributed by atoms with Crippen LogP contribution in [0.4, 0.5) is 0 Å². The van der Waals surface area contributed by atoms with Gasteiger partial charge in [0.25, 0.3) is 0 Å². The smallest absolute Gasteiger partial charge is 0.349 e. The molecular weight excluding hydrogens is 308 g/mol. The molecular formula is C19H20O5. The number of carbonyl (C=O) groups excluding carboxylic acids is 1. The molecule has 0 fully saturated rings. The van der Waals surface area contributed by atoms with Crippen molar-refractivity contribution in [2.75, 3.05) is 6.61 Å². The first kappa shape index (κ1) is 17.5. The van der Waals surface area contributed by atoms with Crippen molar-refractivity contribution < 1.29 is 24.2 Å². The summed E-state index contributed by atoms with van der Waals surface area (Å²) >= 11 is 0. The normalized spacial score (nSPS) is 11.0. The van der Waals surface area contributed by atoms with Crippen LogP contribution in [0.15, 0.2) is 48.5 Å². The van der Waals surface area contributed by atoms with Crippen molar-refractivity contribution in [2.24, 2.45) is 0 Å². The van der Waals surface area contributed by atoms with Gasteiger partial charge in [-0.3, -0.25) is 0 Å². The zero-order valence-corrected chi connectivity index (χ0v) is 13.9. The molecule has 0 heterocycles. The van der Waals surface area contributed by atoms with E-state index in [0.717, 1.165) is 0 Å². The Morgan fingerprint density at radius 2 is 1.46 bits per heavy atom. The Balaban J connectivity index is 1.87. The topological polar surface area (TPSA) is 72.8 Å². The molecule has 0 saturated heterocycles. The second kappa shape index (κ2) is 7.17. The average molecular weight is 328 g/mol. The number of benzene rings is 2. The van der Waals surface area contributed by atoms with E-state index >= 15 is 0 Å². The third kappa shape index (κ3) is 4.84. The van der Waals surface area contributed by atoms with Crippen LogP contribution in [0, 0.1) is 0 Å². The summed E-state index contributed by atoms with van der Waals surface area (Å²) in [7, 11) is 0. The fourth-order valence-electron chi connectivity index (χ4n) is 2.02. The largest absolute Gasteiger partial charge is 0.482 e. The van der Waals surface area contributed by atoms with Crippen molar-refractivity contribution in [2.45, 2.75) is 26.2 Å². The van der Waals surface area contributed by atoms with Gasteiger partial charge in [0, 0.05) is 0 Å². The van der Waals surface area contributed by atoms with E-state index in [1.54, 1.807) is 0 Å². The number of rotatable bonds is 5. The molecule has 2 aromatic rings. The minimum atomic E-state index is -1.03. The van der Waals surface area contributed by atoms with Gasteiger partial charge in [-0.15, -0.1) is 0 Å². The maximum atomic E-state index is 11.8. The summed E-state index contributed by atoms with van der Waals surface area (Å²) in [4.78, 5) is 22.5. The first-order valence-corrected chi connectivity index (χ1v) is 7.53. The number of hydrogen-bond donors (Lipinski definition) is 1. The van der Waals surface area contributed by atoms with Crippen molar-refractivity contribution in [1.82, 2.24) is 0 Å². The SMILES string of the molecule is CC(C)(C)c1ccc(OCC(=O)Oc2ccc(C(=O)O)cc2)cc1. The molecule has 0 radical (unpaired) electrons. The number of hydrogen-bond acceptors (Lipinski definition) is 4. The van der Waals surface area contributed by atoms with Crippen LogP contribution in [0.5, 0.6) is 11.5 Å². The second-order valence-electron chi connectivity index (χ2n) is 6.37. The Hall–Kier alpha value is -2.82. The summed E-state index contributed by atoms with van der Waals surface area (Å²) in [6.45, 7) is 6.14. The van der Waals surface area contributed by atoms with Crippen LogP contribution < -0.4 is 9.47 Å². The Morgan fingerprint density at radius 3 is 1.96 bits per heavy atom. The van der Waals surface area contributed by atoms with Gasteiger partial charge in [0.05, 0.1) is 5.56 Å². The van der Waals surface area contributed by atoms with Crippen molar-refractivity contribution in [1.29, 1.82) is 0 Å². The van der Waals surface area contributed by atoms with Gasteiger partial charge in [-0.1, -0.05) is 32.9 Å². The van der Waals surface area contributed by atoms with Crippen LogP contribution in [0.25, 0.3) is 0 Å². The van der Waals surface area contributed by atoms with Crippen LogP contribution in [0.2, 0.25) is 0 Å². The van der Waals surface area contributed by atoms with E-state index in [1.807, 2.05) is 24.3 Å². The maximum absolute atomic E-state index is 11.8. The molecule has 0 aliphatic rings. The number of carboxylic acid groups (broad SMARTS) is 1. The average Bonchev–Trinajstić information content (AvgIpc) is 2.53. The van der Waals surface area contributed by atoms with Gasteiger partial charge in [0.1, 0.15) is 11.5 Å². The van der Waals surface area contributed by atoms with Gasteiger partial charge in [0.15, 0.2) is 6.61 Å². The third-order valence-electron chi connectivity index (χ3n) is 3.41. The Morgan fingerprint density at radius 1 is 0.917 bits per heavy atom. The molecule has 2 rings (SSSR count). The van der Waals surface area contributed by atoms with Gasteiger partial charge in [-0.25, -0.2) is 9.59 Å². The zero-order valence-electron chi connectivity index (χ0n) is 13.9. The molecule has 24 heavy (non-hydrogen) atoms. The molecule has 0 bridgehead atoms. The van der Waals surface area contributed by atoms with E-state index in [4.69, 9.17) is 14.6 Å². The molecule has 0 aromatic heterocycles. The summed E-state index contributed by atoms with van der Waals surface area (Å²) in [5.41, 5.74) is 1.36. The van der Waals surface area contributed by atoms with E-state index < -0.39 is 11.9 Å². The van der Waals surface area contributed by atoms with Gasteiger partial charge in [-0.05, 0) is 47.4 Å². The van der Waals surface area contributed by atoms with Crippen molar-refractivity contribution in [3.05, 3.63) is 59.7 Å². The predicted molar refractivity (Wildman–Crippen MR) is 89.7 cm³/mol. The van der Waals surface area contributed by atoms with E-state index in [0.29, 0.717) is 5.75 Å². The lowest BCUT2D eigenvalue weighted by Gasteiger charge is -2.19. The lowest BCUT2D eigenvalue weighted by molar-refractivity contribution is -0.136. The Labute approximate surface area is 140 Å². The quantitative estimate of drug-likeness (QED) is 0.670. The fourth-order valence-corrected chi connectivity index (χ4v) is 2.02. The predicted octanol–water partition coefficient (Wildman–Crippen LogP) is 3.67. The van der Waals surface area contributed by atoms with Gasteiger partial charge in [-0.2, -0.15) is 0 Å². The van der Waals surface area contributed by atoms with Crippen LogP contribution in [-0.2, 0) is 10.2 Å². The number of carbonyl (C=O) groups is 2. The van der Waals surface area contributed by atoms with Crippen LogP contribution in [-0.4, -0.2) is 23.7 Å². The van der Waals surface area contributed by atoms with E-state index in [-0.39, 0.29) is 23.3 Å². The molecule has 0 aliphatic carbocycles. The minimum Gasteiger partial charge on any atom is -0.482 e. The second-order valence-corrected chi connectivity index (χ2v) is 6.37. The number of esters is 1. The lowest BCUT2D eigenvalue weighted by atomic mass is 9.87. The Kier molecular flexibility index (Phi) is 5.24. The van der Waals surface area contributed by atoms with Gasteiger partial charge >= 0.3 is 11.9 Å². The van der Waals surface area contributed by atoms with E-state index in [2.05, 4.69) is 20.8 Å². The summed E-state index contributed by atoms with van der Waals surface area (Å²) < 4.78 is 10.5. The standard InChI is InChI=1S/C19H20O5/c1-19(2,3)14-6-10-15(11-7-14)23-12-17(20)24-16-8-4-13(5-9-16)18(21)22/h4-11H,12H2,1-3H3,(H,21,22). The molecule has 5 heteroatoms. The summed E-state index contributed by atoms with van der Waals surface area (Å²) in [5.74, 6) is -0.731. The number of aromatic carboxylic acids is 1. The van der Waals surface area contributed by atoms with Crippen LogP contribution in [0.1, 0.15) is 36.7 Å². The molecule has 0 unspecified atom stereocenters. The van der Waals surface area contributed by atoms with Gasteiger partial charge < -0.3 is 14.6 Å². The molecule has 0 atom stereocenters. The Bertz CT molecular complexity index is 709. The van der Waals surface area contributed by atoms with Gasteiger partial charge in [0.2, 0.25) is 0 Å². The van der Waals surface area contributed by atoms with Crippen LogP contribution >= 0.6 is 0 Å². The minimum absolute atomic E-state index is 0.0551. The highest BCUT2D eigenvalue weighted by molar-refractivity contribution is 5.87. The number of ether oxygens (including phenoxy) is 2. The molecule has 2 aromatic carbocycles. The van der Waals surface area contributed by atoms with E-state index in [1.165, 1.54) is 29.8 Å². The van der Waals surface area contributed by atoms with Crippen molar-refractivity contribution in [3.8, 4) is 11.5 Å². The zero-order chi connectivity index (χ0) is 17.7. The maximum Gasteiger partial charge on any atom is 0.349 e. The molecule has 0 saturated carbocycles. The first-order valence-electron chi connectivity index (χ1n) is 7.53. The number of carboxylic acids is 1. The molecule has 0 amide bonds. The monoisotopic (exact) mass is 328 g/mol. The van der Waals surface area contributed by atoms with E-state index in [9.17, 15) is 9.59 Å². The molecule has 0 aliphatic heterocycles. The van der Waals surface area contributed by atoms with Crippen molar-refractivity contribution in [3.63, 3.8) is 0 Å². The highest BCUT2D eigenvalue weighted by atomic mass is 16.6. The molecule has 5 nitrogen and oxygen atoms in total. The fraction of sp³-hybridized carbons (Fsp3) is 0.263. The first-order chi connectivity index (χ1) is 11.3. The molecule has 126 valence electrons. The summed E-state index contributed by atoms with van der Waals surface area (Å²) in [6.07, 6.45) is 0. The molecule has 0 spiro atoms. The highest BCUT2D eigenvalue weighted by Crippen LogP contribution is 2.24. The summed E-state index contributed by atoms with van der Waals surface area (Å²) in [6, 6.07) is 13.2. The molecule has 1 N–H and O–H groups in total. The lowest BCUT2D eigenvalue weighted by Crippen LogP contribution is -2.18. The van der Waals surface area contributed by atoms with Crippen LogP contribution in [0.3, 0.4) is 0 Å². The highest BCUT2D eigenvalue weighted by Gasteiger charge is 2.13. The third-order valence-corrected chi connectivity index (χ3v) is 3.41.